The summed E-state index contributed by atoms with van der Waals surface area (Å²) in [7, 11) is -1.98. The van der Waals surface area contributed by atoms with Crippen LogP contribution in [0.15, 0.2) is 30.3 Å². The highest BCUT2D eigenvalue weighted by molar-refractivity contribution is 7.88. The van der Waals surface area contributed by atoms with Gasteiger partial charge in [0.05, 0.1) is 12.2 Å². The van der Waals surface area contributed by atoms with Crippen molar-refractivity contribution < 1.29 is 17.9 Å². The molecular weight excluding hydrogens is 254 g/mol. The average Bonchev–Trinajstić information content (AvgIpc) is 2.34. The van der Waals surface area contributed by atoms with Crippen LogP contribution in [0.4, 0.5) is 0 Å². The third-order valence-electron chi connectivity index (χ3n) is 2.61. The largest absolute Gasteiger partial charge is 0.448 e. The predicted octanol–water partition coefficient (Wildman–Crippen LogP) is 1.18. The van der Waals surface area contributed by atoms with Crippen molar-refractivity contribution in [3.8, 4) is 0 Å². The van der Waals surface area contributed by atoms with Crippen LogP contribution in [0.2, 0.25) is 0 Å². The van der Waals surface area contributed by atoms with E-state index in [1.807, 2.05) is 30.3 Å². The van der Waals surface area contributed by atoms with Crippen LogP contribution in [0.25, 0.3) is 0 Å². The van der Waals surface area contributed by atoms with E-state index in [1.165, 1.54) is 7.05 Å². The van der Waals surface area contributed by atoms with Crippen molar-refractivity contribution in [3.05, 3.63) is 35.9 Å². The molecule has 0 saturated heterocycles. The van der Waals surface area contributed by atoms with Crippen molar-refractivity contribution in [2.75, 3.05) is 20.0 Å². The van der Waals surface area contributed by atoms with Gasteiger partial charge in [-0.05, 0) is 12.5 Å². The van der Waals surface area contributed by atoms with Gasteiger partial charge in [0.15, 0.2) is 6.73 Å². The molecule has 0 aromatic heterocycles. The van der Waals surface area contributed by atoms with Crippen molar-refractivity contribution in [3.63, 3.8) is 0 Å². The molecule has 5 nitrogen and oxygen atoms in total. The topological polar surface area (TPSA) is 63.7 Å². The van der Waals surface area contributed by atoms with Crippen LogP contribution in [0.5, 0.6) is 0 Å². The summed E-state index contributed by atoms with van der Waals surface area (Å²) in [6.45, 7) is 1.45. The van der Waals surface area contributed by atoms with Gasteiger partial charge >= 0.3 is 5.97 Å². The molecule has 1 unspecified atom stereocenters. The van der Waals surface area contributed by atoms with Crippen molar-refractivity contribution >= 4 is 16.0 Å². The molecule has 0 saturated carbocycles. The lowest BCUT2D eigenvalue weighted by atomic mass is 10.0. The van der Waals surface area contributed by atoms with Gasteiger partial charge in [-0.1, -0.05) is 30.3 Å². The number of carbonyl (C=O) groups excluding carboxylic acids is 1. The summed E-state index contributed by atoms with van der Waals surface area (Å²) in [5.74, 6) is -0.865. The van der Waals surface area contributed by atoms with Crippen molar-refractivity contribution in [2.24, 2.45) is 0 Å². The molecule has 1 aromatic carbocycles. The van der Waals surface area contributed by atoms with E-state index in [0.717, 1.165) is 16.1 Å². The van der Waals surface area contributed by atoms with Crippen LogP contribution in [-0.4, -0.2) is 38.7 Å². The highest BCUT2D eigenvalue weighted by Gasteiger charge is 2.19. The Morgan fingerprint density at radius 2 is 1.89 bits per heavy atom. The molecule has 1 atom stereocenters. The van der Waals surface area contributed by atoms with E-state index in [4.69, 9.17) is 4.74 Å². The van der Waals surface area contributed by atoms with E-state index < -0.39 is 21.9 Å². The van der Waals surface area contributed by atoms with Gasteiger partial charge in [0.1, 0.15) is 0 Å². The summed E-state index contributed by atoms with van der Waals surface area (Å²) < 4.78 is 28.2. The minimum absolute atomic E-state index is 0.269. The lowest BCUT2D eigenvalue weighted by molar-refractivity contribution is -0.147. The van der Waals surface area contributed by atoms with Crippen molar-refractivity contribution in [1.29, 1.82) is 0 Å². The fourth-order valence-electron chi connectivity index (χ4n) is 1.25. The van der Waals surface area contributed by atoms with Crippen LogP contribution in [0, 0.1) is 0 Å². The van der Waals surface area contributed by atoms with E-state index >= 15 is 0 Å². The minimum Gasteiger partial charge on any atom is -0.448 e. The van der Waals surface area contributed by atoms with Gasteiger partial charge in [0.25, 0.3) is 0 Å². The predicted molar refractivity (Wildman–Crippen MR) is 68.4 cm³/mol. The van der Waals surface area contributed by atoms with Crippen LogP contribution in [-0.2, 0) is 19.6 Å². The average molecular weight is 271 g/mol. The van der Waals surface area contributed by atoms with Crippen LogP contribution in [0.1, 0.15) is 18.4 Å². The number of rotatable bonds is 5. The zero-order valence-corrected chi connectivity index (χ0v) is 11.5. The summed E-state index contributed by atoms with van der Waals surface area (Å²) >= 11 is 0. The lowest BCUT2D eigenvalue weighted by Gasteiger charge is -2.16. The number of hydrogen-bond acceptors (Lipinski definition) is 4. The molecule has 0 aliphatic carbocycles. The second-order valence-corrected chi connectivity index (χ2v) is 6.18. The van der Waals surface area contributed by atoms with E-state index in [0.29, 0.717) is 0 Å². The smallest absolute Gasteiger partial charge is 0.314 e. The molecule has 0 heterocycles. The van der Waals surface area contributed by atoms with E-state index in [-0.39, 0.29) is 6.73 Å². The van der Waals surface area contributed by atoms with Gasteiger partial charge in [-0.3, -0.25) is 4.79 Å². The Morgan fingerprint density at radius 1 is 1.33 bits per heavy atom. The lowest BCUT2D eigenvalue weighted by Crippen LogP contribution is -2.30. The zero-order chi connectivity index (χ0) is 13.8. The van der Waals surface area contributed by atoms with Crippen LogP contribution >= 0.6 is 0 Å². The SMILES string of the molecule is CC(C(=O)OCN(C)S(C)(=O)=O)c1ccccc1. The molecule has 0 spiro atoms. The fraction of sp³-hybridized carbons (Fsp3) is 0.417. The minimum atomic E-state index is -3.33. The van der Waals surface area contributed by atoms with Gasteiger partial charge in [-0.15, -0.1) is 0 Å². The summed E-state index contributed by atoms with van der Waals surface area (Å²) in [6, 6.07) is 9.18. The molecule has 18 heavy (non-hydrogen) atoms. The first-order valence-corrected chi connectivity index (χ1v) is 7.30. The van der Waals surface area contributed by atoms with E-state index in [2.05, 4.69) is 0 Å². The van der Waals surface area contributed by atoms with Crippen molar-refractivity contribution in [2.45, 2.75) is 12.8 Å². The third kappa shape index (κ3) is 4.12. The second-order valence-electron chi connectivity index (χ2n) is 4.09. The van der Waals surface area contributed by atoms with Crippen molar-refractivity contribution in [1.82, 2.24) is 4.31 Å². The summed E-state index contributed by atoms with van der Waals surface area (Å²) in [5, 5.41) is 0. The third-order valence-corrected chi connectivity index (χ3v) is 3.85. The molecule has 1 rings (SSSR count). The number of carbonyl (C=O) groups is 1. The Kier molecular flexibility index (Phi) is 4.86. The molecule has 0 fully saturated rings. The molecule has 1 aromatic rings. The Balaban J connectivity index is 2.57. The molecule has 0 amide bonds. The van der Waals surface area contributed by atoms with Gasteiger partial charge in [-0.2, -0.15) is 4.31 Å². The Labute approximate surface area is 107 Å². The Morgan fingerprint density at radius 3 is 2.39 bits per heavy atom. The summed E-state index contributed by atoms with van der Waals surface area (Å²) in [5.41, 5.74) is 0.838. The number of hydrogen-bond donors (Lipinski definition) is 0. The quantitative estimate of drug-likeness (QED) is 0.596. The van der Waals surface area contributed by atoms with Crippen LogP contribution in [0.3, 0.4) is 0 Å². The maximum absolute atomic E-state index is 11.7. The summed E-state index contributed by atoms with van der Waals surface area (Å²) in [6.07, 6.45) is 1.06. The van der Waals surface area contributed by atoms with E-state index in [9.17, 15) is 13.2 Å². The van der Waals surface area contributed by atoms with Gasteiger partial charge < -0.3 is 4.74 Å². The molecule has 0 radical (unpaired) electrons. The standard InChI is InChI=1S/C12H17NO4S/c1-10(11-7-5-4-6-8-11)12(14)17-9-13(2)18(3,15)16/h4-8,10H,9H2,1-3H3. The number of benzene rings is 1. The molecule has 0 aliphatic rings. The first-order chi connectivity index (χ1) is 8.32. The normalized spacial score (nSPS) is 13.3. The van der Waals surface area contributed by atoms with Gasteiger partial charge in [0, 0.05) is 7.05 Å². The summed E-state index contributed by atoms with van der Waals surface area (Å²) in [4.78, 5) is 11.7. The monoisotopic (exact) mass is 271 g/mol. The number of ether oxygens (including phenoxy) is 1. The maximum atomic E-state index is 11.7. The van der Waals surface area contributed by atoms with E-state index in [1.54, 1.807) is 6.92 Å². The maximum Gasteiger partial charge on any atom is 0.314 e. The van der Waals surface area contributed by atoms with Gasteiger partial charge in [0.2, 0.25) is 10.0 Å². The molecular formula is C12H17NO4S. The number of sulfonamides is 1. The van der Waals surface area contributed by atoms with Gasteiger partial charge in [-0.25, -0.2) is 8.42 Å². The Bertz CT molecular complexity index is 498. The highest BCUT2D eigenvalue weighted by atomic mass is 32.2. The Hall–Kier alpha value is -1.40. The first-order valence-electron chi connectivity index (χ1n) is 5.45. The fourth-order valence-corrected chi connectivity index (χ4v) is 1.50. The number of esters is 1. The number of nitrogens with zero attached hydrogens (tertiary/aromatic N) is 1. The van der Waals surface area contributed by atoms with Crippen LogP contribution < -0.4 is 0 Å². The highest BCUT2D eigenvalue weighted by Crippen LogP contribution is 2.16. The first kappa shape index (κ1) is 14.7. The molecule has 0 bridgehead atoms. The molecule has 0 N–H and O–H groups in total. The molecule has 6 heteroatoms. The second kappa shape index (κ2) is 5.97. The molecule has 100 valence electrons. The molecule has 0 aliphatic heterocycles. The zero-order valence-electron chi connectivity index (χ0n) is 10.7.